The Hall–Kier alpha value is -2.09. The van der Waals surface area contributed by atoms with E-state index in [0.29, 0.717) is 30.7 Å². The number of nitrogens with one attached hydrogen (secondary N) is 2. The summed E-state index contributed by atoms with van der Waals surface area (Å²) < 4.78 is 56.5. The zero-order valence-corrected chi connectivity index (χ0v) is 12.6. The standard InChI is InChI=1S/C16H16F4N2O2/c17-13-6-9(1-2-12(13)16(18,19)20)5-11-7-10(3-4-21-11)14-8-15(23)22-24-14/h1-2,6,8,10-11,21H,3-5,7H2,(H,22,23). The summed E-state index contributed by atoms with van der Waals surface area (Å²) in [5.41, 5.74) is -1.06. The van der Waals surface area contributed by atoms with Crippen LogP contribution in [-0.4, -0.2) is 17.7 Å². The van der Waals surface area contributed by atoms with E-state index in [1.165, 1.54) is 12.1 Å². The van der Waals surface area contributed by atoms with Gasteiger partial charge in [-0.05, 0) is 43.5 Å². The topological polar surface area (TPSA) is 58.0 Å². The molecule has 24 heavy (non-hydrogen) atoms. The van der Waals surface area contributed by atoms with Crippen LogP contribution in [0.3, 0.4) is 0 Å². The van der Waals surface area contributed by atoms with E-state index in [1.54, 1.807) is 0 Å². The second kappa shape index (κ2) is 6.43. The van der Waals surface area contributed by atoms with Gasteiger partial charge in [-0.1, -0.05) is 6.07 Å². The lowest BCUT2D eigenvalue weighted by Gasteiger charge is -2.29. The molecule has 1 aromatic heterocycles. The number of halogens is 4. The van der Waals surface area contributed by atoms with Crippen molar-refractivity contribution in [2.45, 2.75) is 37.4 Å². The lowest BCUT2D eigenvalue weighted by molar-refractivity contribution is -0.140. The number of benzene rings is 1. The number of piperidine rings is 1. The van der Waals surface area contributed by atoms with E-state index in [4.69, 9.17) is 4.52 Å². The van der Waals surface area contributed by atoms with Gasteiger partial charge < -0.3 is 9.84 Å². The van der Waals surface area contributed by atoms with Gasteiger partial charge in [0.1, 0.15) is 11.6 Å². The Morgan fingerprint density at radius 1 is 1.25 bits per heavy atom. The Morgan fingerprint density at radius 3 is 2.67 bits per heavy atom. The molecule has 2 N–H and O–H groups in total. The first-order valence-corrected chi connectivity index (χ1v) is 7.60. The highest BCUT2D eigenvalue weighted by molar-refractivity contribution is 5.27. The van der Waals surface area contributed by atoms with Crippen molar-refractivity contribution in [1.82, 2.24) is 10.5 Å². The van der Waals surface area contributed by atoms with Crippen molar-refractivity contribution in [2.24, 2.45) is 0 Å². The molecule has 2 unspecified atom stereocenters. The summed E-state index contributed by atoms with van der Waals surface area (Å²) in [5, 5.41) is 5.51. The van der Waals surface area contributed by atoms with Gasteiger partial charge in [0.05, 0.1) is 5.56 Å². The fraction of sp³-hybridized carbons (Fsp3) is 0.438. The first-order valence-electron chi connectivity index (χ1n) is 7.60. The largest absolute Gasteiger partial charge is 0.419 e. The number of hydrogen-bond acceptors (Lipinski definition) is 3. The zero-order valence-electron chi connectivity index (χ0n) is 12.6. The van der Waals surface area contributed by atoms with Gasteiger partial charge in [0.15, 0.2) is 0 Å². The van der Waals surface area contributed by atoms with Crippen LogP contribution in [0.2, 0.25) is 0 Å². The minimum atomic E-state index is -4.69. The van der Waals surface area contributed by atoms with E-state index >= 15 is 0 Å². The number of rotatable bonds is 3. The second-order valence-electron chi connectivity index (χ2n) is 6.00. The second-order valence-corrected chi connectivity index (χ2v) is 6.00. The minimum absolute atomic E-state index is 0.0277. The first-order chi connectivity index (χ1) is 11.3. The van der Waals surface area contributed by atoms with Crippen LogP contribution in [0, 0.1) is 5.82 Å². The fourth-order valence-electron chi connectivity index (χ4n) is 3.12. The Bertz CT molecular complexity index is 766. The molecule has 8 heteroatoms. The van der Waals surface area contributed by atoms with Gasteiger partial charge in [0.25, 0.3) is 5.56 Å². The van der Waals surface area contributed by atoms with Crippen LogP contribution in [-0.2, 0) is 12.6 Å². The van der Waals surface area contributed by atoms with Crippen molar-refractivity contribution in [3.8, 4) is 0 Å². The quantitative estimate of drug-likeness (QED) is 0.841. The molecule has 0 bridgehead atoms. The molecule has 0 aliphatic carbocycles. The van der Waals surface area contributed by atoms with Gasteiger partial charge >= 0.3 is 6.18 Å². The van der Waals surface area contributed by atoms with Crippen LogP contribution in [0.5, 0.6) is 0 Å². The minimum Gasteiger partial charge on any atom is -0.383 e. The van der Waals surface area contributed by atoms with Crippen LogP contribution in [0.1, 0.15) is 35.6 Å². The van der Waals surface area contributed by atoms with Crippen LogP contribution in [0.25, 0.3) is 0 Å². The first kappa shape index (κ1) is 16.8. The molecular weight excluding hydrogens is 328 g/mol. The molecule has 4 nitrogen and oxygen atoms in total. The third-order valence-electron chi connectivity index (χ3n) is 4.26. The predicted molar refractivity (Wildman–Crippen MR) is 78.2 cm³/mol. The molecule has 1 aliphatic heterocycles. The van der Waals surface area contributed by atoms with Gasteiger partial charge in [-0.15, -0.1) is 0 Å². The zero-order chi connectivity index (χ0) is 17.3. The summed E-state index contributed by atoms with van der Waals surface area (Å²) in [5.74, 6) is -0.636. The summed E-state index contributed by atoms with van der Waals surface area (Å²) in [4.78, 5) is 11.2. The molecule has 130 valence electrons. The molecule has 1 aromatic carbocycles. The number of aromatic nitrogens is 1. The third kappa shape index (κ3) is 3.69. The maximum absolute atomic E-state index is 13.7. The maximum Gasteiger partial charge on any atom is 0.419 e. The van der Waals surface area contributed by atoms with E-state index in [2.05, 4.69) is 10.5 Å². The van der Waals surface area contributed by atoms with E-state index in [1.807, 2.05) is 0 Å². The van der Waals surface area contributed by atoms with Crippen LogP contribution >= 0.6 is 0 Å². The highest BCUT2D eigenvalue weighted by atomic mass is 19.4. The summed E-state index contributed by atoms with van der Waals surface area (Å²) in [6.45, 7) is 0.688. The Balaban J connectivity index is 1.69. The molecule has 2 atom stereocenters. The van der Waals surface area contributed by atoms with Gasteiger partial charge in [-0.3, -0.25) is 4.79 Å². The van der Waals surface area contributed by atoms with Crippen molar-refractivity contribution in [3.63, 3.8) is 0 Å². The number of alkyl halides is 3. The lowest BCUT2D eigenvalue weighted by atomic mass is 9.87. The Morgan fingerprint density at radius 2 is 2.04 bits per heavy atom. The third-order valence-corrected chi connectivity index (χ3v) is 4.26. The predicted octanol–water partition coefficient (Wildman–Crippen LogP) is 3.20. The van der Waals surface area contributed by atoms with Gasteiger partial charge in [-0.2, -0.15) is 18.3 Å². The average molecular weight is 344 g/mol. The van der Waals surface area contributed by atoms with Crippen molar-refractivity contribution < 1.29 is 22.1 Å². The van der Waals surface area contributed by atoms with Crippen LogP contribution in [0.15, 0.2) is 33.6 Å². The van der Waals surface area contributed by atoms with Crippen molar-refractivity contribution in [1.29, 1.82) is 0 Å². The highest BCUT2D eigenvalue weighted by Crippen LogP contribution is 2.32. The fourth-order valence-corrected chi connectivity index (χ4v) is 3.12. The molecule has 2 aromatic rings. The molecule has 2 heterocycles. The molecule has 1 aliphatic rings. The molecule has 0 amide bonds. The van der Waals surface area contributed by atoms with Gasteiger partial charge in [0, 0.05) is 18.0 Å². The van der Waals surface area contributed by atoms with E-state index in [0.717, 1.165) is 18.6 Å². The van der Waals surface area contributed by atoms with Crippen LogP contribution < -0.4 is 10.9 Å². The summed E-state index contributed by atoms with van der Waals surface area (Å²) in [7, 11) is 0. The van der Waals surface area contributed by atoms with Crippen molar-refractivity contribution in [3.05, 3.63) is 57.3 Å². The van der Waals surface area contributed by atoms with E-state index < -0.39 is 17.6 Å². The molecule has 0 saturated carbocycles. The molecule has 1 fully saturated rings. The van der Waals surface area contributed by atoms with E-state index in [9.17, 15) is 22.4 Å². The van der Waals surface area contributed by atoms with Crippen molar-refractivity contribution in [2.75, 3.05) is 6.54 Å². The van der Waals surface area contributed by atoms with Crippen LogP contribution in [0.4, 0.5) is 17.6 Å². The Kier molecular flexibility index (Phi) is 4.49. The normalized spacial score (nSPS) is 21.8. The average Bonchev–Trinajstić information content (AvgIpc) is 2.93. The van der Waals surface area contributed by atoms with E-state index in [-0.39, 0.29) is 17.5 Å². The number of aromatic amines is 1. The van der Waals surface area contributed by atoms with Gasteiger partial charge in [-0.25, -0.2) is 4.39 Å². The number of hydrogen-bond donors (Lipinski definition) is 2. The lowest BCUT2D eigenvalue weighted by Crippen LogP contribution is -2.38. The molecule has 3 rings (SSSR count). The monoisotopic (exact) mass is 344 g/mol. The summed E-state index contributed by atoms with van der Waals surface area (Å²) in [6, 6.07) is 4.39. The molecule has 1 saturated heterocycles. The molecule has 0 spiro atoms. The molecular formula is C16H16F4N2O2. The molecule has 0 radical (unpaired) electrons. The smallest absolute Gasteiger partial charge is 0.383 e. The van der Waals surface area contributed by atoms with Gasteiger partial charge in [0.2, 0.25) is 0 Å². The van der Waals surface area contributed by atoms with Crippen molar-refractivity contribution >= 4 is 0 Å². The number of H-pyrrole nitrogens is 1. The Labute approximate surface area is 134 Å². The highest BCUT2D eigenvalue weighted by Gasteiger charge is 2.34. The summed E-state index contributed by atoms with van der Waals surface area (Å²) >= 11 is 0. The maximum atomic E-state index is 13.7. The summed E-state index contributed by atoms with van der Waals surface area (Å²) in [6.07, 6.45) is -2.84. The SMILES string of the molecule is O=c1cc(C2CCNC(Cc3ccc(C(F)(F)F)c(F)c3)C2)o[nH]1.